The minimum atomic E-state index is -0.695. The Morgan fingerprint density at radius 1 is 0.882 bits per heavy atom. The molecule has 3 aromatic carbocycles. The number of halogens is 2. The number of thioether (sulfide) groups is 1. The number of nitrogens with one attached hydrogen (secondary N) is 1. The molecular formula is C27H28Cl2N2O2S. The first-order chi connectivity index (χ1) is 16.5. The summed E-state index contributed by atoms with van der Waals surface area (Å²) in [5.41, 5.74) is 2.75. The van der Waals surface area contributed by atoms with Crippen LogP contribution in [0.25, 0.3) is 0 Å². The van der Waals surface area contributed by atoms with Crippen molar-refractivity contribution in [2.24, 2.45) is 0 Å². The van der Waals surface area contributed by atoms with Crippen LogP contribution in [0, 0.1) is 0 Å². The fourth-order valence-corrected chi connectivity index (χ4v) is 5.00. The van der Waals surface area contributed by atoms with Crippen molar-refractivity contribution in [3.8, 4) is 0 Å². The van der Waals surface area contributed by atoms with E-state index in [0.717, 1.165) is 11.1 Å². The number of carbonyl (C=O) groups is 2. The summed E-state index contributed by atoms with van der Waals surface area (Å²) in [6.07, 6.45) is 0.393. The van der Waals surface area contributed by atoms with E-state index in [0.29, 0.717) is 34.3 Å². The van der Waals surface area contributed by atoms with E-state index in [4.69, 9.17) is 23.2 Å². The Morgan fingerprint density at radius 2 is 1.47 bits per heavy atom. The van der Waals surface area contributed by atoms with Gasteiger partial charge in [-0.15, -0.1) is 11.8 Å². The van der Waals surface area contributed by atoms with Crippen molar-refractivity contribution >= 4 is 46.8 Å². The number of hydrogen-bond donors (Lipinski definition) is 1. The zero-order chi connectivity index (χ0) is 24.3. The summed E-state index contributed by atoms with van der Waals surface area (Å²) in [6, 6.07) is 24.3. The lowest BCUT2D eigenvalue weighted by molar-refractivity contribution is -0.139. The number of hydrogen-bond acceptors (Lipinski definition) is 3. The average Bonchev–Trinajstić information content (AvgIpc) is 2.84. The molecular weight excluding hydrogens is 487 g/mol. The fourth-order valence-electron chi connectivity index (χ4n) is 3.61. The Hall–Kier alpha value is -2.47. The largest absolute Gasteiger partial charge is 0.355 e. The van der Waals surface area contributed by atoms with Gasteiger partial charge < -0.3 is 10.2 Å². The maximum Gasteiger partial charge on any atom is 0.243 e. The molecule has 0 fully saturated rings. The molecule has 1 atom stereocenters. The molecule has 3 rings (SSSR count). The third-order valence-electron chi connectivity index (χ3n) is 5.35. The summed E-state index contributed by atoms with van der Waals surface area (Å²) >= 11 is 14.4. The van der Waals surface area contributed by atoms with Gasteiger partial charge >= 0.3 is 0 Å². The summed E-state index contributed by atoms with van der Waals surface area (Å²) in [4.78, 5) is 28.3. The third-order valence-corrected chi connectivity index (χ3v) is 7.05. The Morgan fingerprint density at radius 3 is 2.06 bits per heavy atom. The van der Waals surface area contributed by atoms with Crippen LogP contribution in [-0.4, -0.2) is 35.1 Å². The van der Waals surface area contributed by atoms with E-state index in [1.807, 2.05) is 67.6 Å². The van der Waals surface area contributed by atoms with Gasteiger partial charge in [-0.2, -0.15) is 0 Å². The normalized spacial score (nSPS) is 11.6. The average molecular weight is 516 g/mol. The van der Waals surface area contributed by atoms with Gasteiger partial charge in [0.2, 0.25) is 11.8 Å². The van der Waals surface area contributed by atoms with Crippen molar-refractivity contribution in [1.29, 1.82) is 0 Å². The molecule has 0 aliphatic rings. The lowest BCUT2D eigenvalue weighted by Crippen LogP contribution is -2.51. The molecule has 0 radical (unpaired) electrons. The summed E-state index contributed by atoms with van der Waals surface area (Å²) in [6.45, 7) is 2.49. The van der Waals surface area contributed by atoms with Gasteiger partial charge in [-0.3, -0.25) is 9.59 Å². The number of carbonyl (C=O) groups excluding carboxylic acids is 2. The Labute approximate surface area is 215 Å². The van der Waals surface area contributed by atoms with Gasteiger partial charge in [0.1, 0.15) is 6.04 Å². The van der Waals surface area contributed by atoms with E-state index in [-0.39, 0.29) is 24.1 Å². The van der Waals surface area contributed by atoms with Crippen LogP contribution in [0.3, 0.4) is 0 Å². The summed E-state index contributed by atoms with van der Waals surface area (Å²) in [5.74, 6) is 0.611. The minimum absolute atomic E-state index is 0.135. The van der Waals surface area contributed by atoms with Gasteiger partial charge in [0, 0.05) is 40.9 Å². The quantitative estimate of drug-likeness (QED) is 0.341. The Bertz CT molecular complexity index is 1060. The Kier molecular flexibility index (Phi) is 10.3. The van der Waals surface area contributed by atoms with Gasteiger partial charge in [-0.05, 0) is 30.2 Å². The van der Waals surface area contributed by atoms with Crippen LogP contribution in [0.2, 0.25) is 10.0 Å². The van der Waals surface area contributed by atoms with Crippen LogP contribution in [0.15, 0.2) is 78.9 Å². The molecule has 178 valence electrons. The second-order valence-corrected chi connectivity index (χ2v) is 9.60. The van der Waals surface area contributed by atoms with E-state index < -0.39 is 6.04 Å². The number of rotatable bonds is 11. The first kappa shape index (κ1) is 26.1. The van der Waals surface area contributed by atoms with Crippen molar-refractivity contribution in [1.82, 2.24) is 10.2 Å². The van der Waals surface area contributed by atoms with E-state index in [1.165, 1.54) is 11.8 Å². The van der Waals surface area contributed by atoms with Crippen LogP contribution >= 0.6 is 35.0 Å². The van der Waals surface area contributed by atoms with Gasteiger partial charge in [0.05, 0.1) is 5.75 Å². The number of likely N-dealkylation sites (N-methyl/N-ethyl adjacent to an activating group) is 1. The highest BCUT2D eigenvalue weighted by Crippen LogP contribution is 2.27. The molecule has 1 N–H and O–H groups in total. The zero-order valence-electron chi connectivity index (χ0n) is 19.0. The predicted octanol–water partition coefficient (Wildman–Crippen LogP) is 6.00. The number of amides is 2. The van der Waals surface area contributed by atoms with E-state index in [9.17, 15) is 9.59 Å². The minimum Gasteiger partial charge on any atom is -0.355 e. The van der Waals surface area contributed by atoms with Crippen molar-refractivity contribution in [3.63, 3.8) is 0 Å². The molecule has 0 saturated heterocycles. The van der Waals surface area contributed by atoms with Gasteiger partial charge in [0.25, 0.3) is 0 Å². The summed E-state index contributed by atoms with van der Waals surface area (Å²) in [7, 11) is 0. The molecule has 4 nitrogen and oxygen atoms in total. The van der Waals surface area contributed by atoms with Crippen LogP contribution in [0.1, 0.15) is 23.6 Å². The maximum atomic E-state index is 13.5. The number of benzene rings is 3. The highest BCUT2D eigenvalue weighted by molar-refractivity contribution is 7.99. The molecule has 3 aromatic rings. The smallest absolute Gasteiger partial charge is 0.243 e. The van der Waals surface area contributed by atoms with E-state index in [2.05, 4.69) is 5.32 Å². The fraction of sp³-hybridized carbons (Fsp3) is 0.259. The molecule has 0 bridgehead atoms. The molecule has 0 saturated carbocycles. The van der Waals surface area contributed by atoms with Crippen molar-refractivity contribution in [3.05, 3.63) is 106 Å². The van der Waals surface area contributed by atoms with E-state index >= 15 is 0 Å². The van der Waals surface area contributed by atoms with E-state index in [1.54, 1.807) is 23.1 Å². The monoisotopic (exact) mass is 514 g/mol. The standard InChI is InChI=1S/C27H28Cl2N2O2S/c1-2-30-27(33)25(16-20-10-5-3-6-11-20)31(17-22-23(28)14-9-15-24(22)29)26(32)19-34-18-21-12-7-4-8-13-21/h3-15,25H,2,16-19H2,1H3,(H,30,33). The van der Waals surface area contributed by atoms with Crippen LogP contribution < -0.4 is 5.32 Å². The zero-order valence-corrected chi connectivity index (χ0v) is 21.4. The van der Waals surface area contributed by atoms with Gasteiger partial charge in [-0.1, -0.05) is 89.9 Å². The highest BCUT2D eigenvalue weighted by atomic mass is 35.5. The van der Waals surface area contributed by atoms with Crippen molar-refractivity contribution in [2.45, 2.75) is 31.7 Å². The second-order valence-electron chi connectivity index (χ2n) is 7.80. The highest BCUT2D eigenvalue weighted by Gasteiger charge is 2.31. The topological polar surface area (TPSA) is 49.4 Å². The molecule has 0 heterocycles. The molecule has 1 unspecified atom stereocenters. The molecule has 0 aliphatic heterocycles. The molecule has 0 aromatic heterocycles. The van der Waals surface area contributed by atoms with Gasteiger partial charge in [-0.25, -0.2) is 0 Å². The Balaban J connectivity index is 1.88. The van der Waals surface area contributed by atoms with Crippen molar-refractivity contribution < 1.29 is 9.59 Å². The number of nitrogens with zero attached hydrogens (tertiary/aromatic N) is 1. The lowest BCUT2D eigenvalue weighted by Gasteiger charge is -2.32. The SMILES string of the molecule is CCNC(=O)C(Cc1ccccc1)N(Cc1c(Cl)cccc1Cl)C(=O)CSCc1ccccc1. The molecule has 0 spiro atoms. The van der Waals surface area contributed by atoms with Crippen molar-refractivity contribution in [2.75, 3.05) is 12.3 Å². The third kappa shape index (κ3) is 7.52. The molecule has 0 aliphatic carbocycles. The van der Waals surface area contributed by atoms with Crippen LogP contribution in [0.4, 0.5) is 0 Å². The first-order valence-corrected chi connectivity index (χ1v) is 13.1. The van der Waals surface area contributed by atoms with Crippen LogP contribution in [0.5, 0.6) is 0 Å². The molecule has 34 heavy (non-hydrogen) atoms. The molecule has 2 amide bonds. The maximum absolute atomic E-state index is 13.5. The first-order valence-electron chi connectivity index (χ1n) is 11.1. The molecule has 7 heteroatoms. The van der Waals surface area contributed by atoms with Gasteiger partial charge in [0.15, 0.2) is 0 Å². The van der Waals surface area contributed by atoms with Crippen LogP contribution in [-0.2, 0) is 28.3 Å². The summed E-state index contributed by atoms with van der Waals surface area (Å²) in [5, 5.41) is 3.83. The summed E-state index contributed by atoms with van der Waals surface area (Å²) < 4.78 is 0. The predicted molar refractivity (Wildman–Crippen MR) is 142 cm³/mol. The second kappa shape index (κ2) is 13.4. The lowest BCUT2D eigenvalue weighted by atomic mass is 10.0.